The molecular weight excluding hydrogens is 248 g/mol. The van der Waals surface area contributed by atoms with Crippen LogP contribution in [0.15, 0.2) is 24.3 Å². The van der Waals surface area contributed by atoms with Gasteiger partial charge in [-0.1, -0.05) is 32.0 Å². The first-order valence-corrected chi connectivity index (χ1v) is 7.62. The molecule has 2 rings (SSSR count). The summed E-state index contributed by atoms with van der Waals surface area (Å²) in [5.41, 5.74) is 5.15. The molecule has 0 atom stereocenters. The molecule has 20 heavy (non-hydrogen) atoms. The molecule has 0 bridgehead atoms. The number of esters is 1. The highest BCUT2D eigenvalue weighted by Gasteiger charge is 2.14. The van der Waals surface area contributed by atoms with Crippen LogP contribution in [0.3, 0.4) is 0 Å². The Hall–Kier alpha value is -1.57. The Balaban J connectivity index is 2.32. The molecule has 1 aromatic rings. The van der Waals surface area contributed by atoms with Crippen LogP contribution in [0.5, 0.6) is 0 Å². The van der Waals surface area contributed by atoms with E-state index in [9.17, 15) is 4.79 Å². The van der Waals surface area contributed by atoms with Gasteiger partial charge in [0.05, 0.1) is 6.61 Å². The molecule has 0 fully saturated rings. The molecule has 0 saturated heterocycles. The van der Waals surface area contributed by atoms with Gasteiger partial charge in [-0.05, 0) is 60.8 Å². The minimum Gasteiger partial charge on any atom is -0.463 e. The number of rotatable bonds is 4. The SMILES string of the molecule is CCOC(=O)/C=C(\c1ccc2c(c1)CCCC2)C(C)C. The monoisotopic (exact) mass is 272 g/mol. The van der Waals surface area contributed by atoms with Crippen LogP contribution in [-0.4, -0.2) is 12.6 Å². The molecular formula is C18H24O2. The third-order valence-electron chi connectivity index (χ3n) is 3.86. The quantitative estimate of drug-likeness (QED) is 0.607. The summed E-state index contributed by atoms with van der Waals surface area (Å²) >= 11 is 0. The van der Waals surface area contributed by atoms with Crippen LogP contribution in [0.2, 0.25) is 0 Å². The Kier molecular flexibility index (Phi) is 4.99. The number of ether oxygens (including phenoxy) is 1. The van der Waals surface area contributed by atoms with E-state index in [0.29, 0.717) is 12.5 Å². The van der Waals surface area contributed by atoms with Crippen molar-refractivity contribution in [3.63, 3.8) is 0 Å². The fourth-order valence-electron chi connectivity index (χ4n) is 2.81. The predicted octanol–water partition coefficient (Wildman–Crippen LogP) is 4.17. The maximum absolute atomic E-state index is 11.7. The average molecular weight is 272 g/mol. The Morgan fingerprint density at radius 1 is 1.25 bits per heavy atom. The van der Waals surface area contributed by atoms with Gasteiger partial charge < -0.3 is 4.74 Å². The number of allylic oxidation sites excluding steroid dienone is 1. The molecule has 0 radical (unpaired) electrons. The van der Waals surface area contributed by atoms with Crippen molar-refractivity contribution in [3.8, 4) is 0 Å². The van der Waals surface area contributed by atoms with Gasteiger partial charge in [0, 0.05) is 6.08 Å². The molecule has 0 spiro atoms. The van der Waals surface area contributed by atoms with Crippen molar-refractivity contribution in [2.45, 2.75) is 46.5 Å². The predicted molar refractivity (Wildman–Crippen MR) is 82.5 cm³/mol. The number of carbonyl (C=O) groups is 1. The summed E-state index contributed by atoms with van der Waals surface area (Å²) in [5.74, 6) is 0.0648. The minimum absolute atomic E-state index is 0.242. The molecule has 0 amide bonds. The van der Waals surface area contributed by atoms with Crippen molar-refractivity contribution in [1.82, 2.24) is 0 Å². The first-order chi connectivity index (χ1) is 9.61. The van der Waals surface area contributed by atoms with Crippen LogP contribution in [-0.2, 0) is 22.4 Å². The number of fused-ring (bicyclic) bond motifs is 1. The molecule has 108 valence electrons. The summed E-state index contributed by atoms with van der Waals surface area (Å²) in [6, 6.07) is 6.64. The molecule has 2 heteroatoms. The Labute approximate surface area is 121 Å². The van der Waals surface area contributed by atoms with E-state index in [2.05, 4.69) is 32.0 Å². The molecule has 0 aliphatic heterocycles. The summed E-state index contributed by atoms with van der Waals surface area (Å²) in [7, 11) is 0. The fourth-order valence-corrected chi connectivity index (χ4v) is 2.81. The van der Waals surface area contributed by atoms with E-state index in [1.165, 1.54) is 30.4 Å². The third-order valence-corrected chi connectivity index (χ3v) is 3.86. The van der Waals surface area contributed by atoms with E-state index in [-0.39, 0.29) is 5.97 Å². The lowest BCUT2D eigenvalue weighted by Gasteiger charge is -2.19. The van der Waals surface area contributed by atoms with E-state index >= 15 is 0 Å². The zero-order chi connectivity index (χ0) is 14.5. The number of carbonyl (C=O) groups excluding carboxylic acids is 1. The van der Waals surface area contributed by atoms with Crippen LogP contribution < -0.4 is 0 Å². The van der Waals surface area contributed by atoms with Crippen molar-refractivity contribution >= 4 is 11.5 Å². The number of hydrogen-bond acceptors (Lipinski definition) is 2. The molecule has 0 aromatic heterocycles. The van der Waals surface area contributed by atoms with Crippen LogP contribution in [0.1, 0.15) is 50.3 Å². The smallest absolute Gasteiger partial charge is 0.331 e. The summed E-state index contributed by atoms with van der Waals surface area (Å²) in [5, 5.41) is 0. The van der Waals surface area contributed by atoms with Crippen molar-refractivity contribution in [3.05, 3.63) is 41.0 Å². The molecule has 0 N–H and O–H groups in total. The summed E-state index contributed by atoms with van der Waals surface area (Å²) in [4.78, 5) is 11.7. The molecule has 2 nitrogen and oxygen atoms in total. The largest absolute Gasteiger partial charge is 0.463 e. The van der Waals surface area contributed by atoms with Gasteiger partial charge in [0.2, 0.25) is 0 Å². The van der Waals surface area contributed by atoms with Gasteiger partial charge in [-0.2, -0.15) is 0 Å². The zero-order valence-electron chi connectivity index (χ0n) is 12.7. The minimum atomic E-state index is -0.242. The van der Waals surface area contributed by atoms with Gasteiger partial charge >= 0.3 is 5.97 Å². The van der Waals surface area contributed by atoms with Crippen molar-refractivity contribution < 1.29 is 9.53 Å². The van der Waals surface area contributed by atoms with E-state index < -0.39 is 0 Å². The maximum atomic E-state index is 11.7. The second-order valence-electron chi connectivity index (χ2n) is 5.70. The van der Waals surface area contributed by atoms with E-state index in [1.54, 1.807) is 6.08 Å². The van der Waals surface area contributed by atoms with Gasteiger partial charge in [0.25, 0.3) is 0 Å². The first kappa shape index (κ1) is 14.8. The third kappa shape index (κ3) is 3.50. The lowest BCUT2D eigenvalue weighted by atomic mass is 9.87. The standard InChI is InChI=1S/C18H24O2/c1-4-20-18(19)12-17(13(2)3)16-10-9-14-7-5-6-8-15(14)11-16/h9-13H,4-8H2,1-3H3/b17-12-. The Morgan fingerprint density at radius 2 is 1.95 bits per heavy atom. The number of aryl methyl sites for hydroxylation is 2. The van der Waals surface area contributed by atoms with E-state index in [1.807, 2.05) is 6.92 Å². The Bertz CT molecular complexity index is 512. The topological polar surface area (TPSA) is 26.3 Å². The molecule has 1 aromatic carbocycles. The van der Waals surface area contributed by atoms with Gasteiger partial charge in [-0.15, -0.1) is 0 Å². The van der Waals surface area contributed by atoms with Gasteiger partial charge in [0.15, 0.2) is 0 Å². The van der Waals surface area contributed by atoms with E-state index in [0.717, 1.165) is 17.6 Å². The van der Waals surface area contributed by atoms with Crippen LogP contribution in [0.25, 0.3) is 5.57 Å². The molecule has 1 aliphatic rings. The fraction of sp³-hybridized carbons (Fsp3) is 0.500. The van der Waals surface area contributed by atoms with Crippen LogP contribution in [0.4, 0.5) is 0 Å². The molecule has 0 heterocycles. The highest BCUT2D eigenvalue weighted by Crippen LogP contribution is 2.28. The maximum Gasteiger partial charge on any atom is 0.331 e. The normalized spacial score (nSPS) is 15.1. The van der Waals surface area contributed by atoms with Crippen molar-refractivity contribution in [1.29, 1.82) is 0 Å². The van der Waals surface area contributed by atoms with Gasteiger partial charge in [-0.25, -0.2) is 4.79 Å². The van der Waals surface area contributed by atoms with Crippen LogP contribution in [0, 0.1) is 5.92 Å². The molecule has 0 unspecified atom stereocenters. The highest BCUT2D eigenvalue weighted by molar-refractivity contribution is 5.91. The lowest BCUT2D eigenvalue weighted by molar-refractivity contribution is -0.137. The summed E-state index contributed by atoms with van der Waals surface area (Å²) < 4.78 is 5.04. The van der Waals surface area contributed by atoms with Crippen LogP contribution >= 0.6 is 0 Å². The van der Waals surface area contributed by atoms with Gasteiger partial charge in [0.1, 0.15) is 0 Å². The second kappa shape index (κ2) is 6.74. The number of hydrogen-bond donors (Lipinski definition) is 0. The summed E-state index contributed by atoms with van der Waals surface area (Å²) in [6.45, 7) is 6.49. The Morgan fingerprint density at radius 3 is 2.60 bits per heavy atom. The number of benzene rings is 1. The van der Waals surface area contributed by atoms with Gasteiger partial charge in [-0.3, -0.25) is 0 Å². The lowest BCUT2D eigenvalue weighted by Crippen LogP contribution is -2.06. The highest BCUT2D eigenvalue weighted by atomic mass is 16.5. The van der Waals surface area contributed by atoms with Crippen molar-refractivity contribution in [2.75, 3.05) is 6.61 Å². The van der Waals surface area contributed by atoms with Crippen molar-refractivity contribution in [2.24, 2.45) is 5.92 Å². The van der Waals surface area contributed by atoms with E-state index in [4.69, 9.17) is 4.74 Å². The first-order valence-electron chi connectivity index (χ1n) is 7.62. The molecule has 1 aliphatic carbocycles. The molecule has 0 saturated carbocycles. The second-order valence-corrected chi connectivity index (χ2v) is 5.70. The zero-order valence-corrected chi connectivity index (χ0v) is 12.7. The summed E-state index contributed by atoms with van der Waals surface area (Å²) in [6.07, 6.45) is 6.57. The average Bonchev–Trinajstić information content (AvgIpc) is 2.44.